The van der Waals surface area contributed by atoms with Crippen LogP contribution in [-0.2, 0) is 11.2 Å². The molecule has 1 aromatic carbocycles. The van der Waals surface area contributed by atoms with E-state index in [-0.39, 0.29) is 0 Å². The molecule has 1 heteroatoms. The topological polar surface area (TPSA) is 17.1 Å². The van der Waals surface area contributed by atoms with Crippen molar-refractivity contribution in [1.29, 1.82) is 0 Å². The molecule has 2 aliphatic rings. The van der Waals surface area contributed by atoms with Gasteiger partial charge in [-0.15, -0.1) is 0 Å². The Hall–Kier alpha value is -1.11. The van der Waals surface area contributed by atoms with Crippen molar-refractivity contribution in [3.05, 3.63) is 35.4 Å². The summed E-state index contributed by atoms with van der Waals surface area (Å²) in [4.78, 5) is 12.1. The van der Waals surface area contributed by atoms with Crippen LogP contribution in [0, 0.1) is 11.8 Å². The van der Waals surface area contributed by atoms with Crippen molar-refractivity contribution < 1.29 is 4.79 Å². The van der Waals surface area contributed by atoms with Crippen LogP contribution in [0.2, 0.25) is 0 Å². The number of aryl methyl sites for hydroxylation is 1. The Morgan fingerprint density at radius 2 is 2.18 bits per heavy atom. The lowest BCUT2D eigenvalue weighted by atomic mass is 9.92. The van der Waals surface area contributed by atoms with E-state index in [2.05, 4.69) is 31.2 Å². The Morgan fingerprint density at radius 3 is 3.00 bits per heavy atom. The fourth-order valence-corrected chi connectivity index (χ4v) is 3.52. The van der Waals surface area contributed by atoms with Crippen LogP contribution < -0.4 is 0 Å². The molecule has 3 rings (SSSR count). The highest BCUT2D eigenvalue weighted by Gasteiger charge is 2.55. The zero-order valence-electron chi connectivity index (χ0n) is 10.5. The predicted molar refractivity (Wildman–Crippen MR) is 69.0 cm³/mol. The number of fused-ring (bicyclic) bond motifs is 3. The van der Waals surface area contributed by atoms with Gasteiger partial charge in [-0.1, -0.05) is 37.6 Å². The quantitative estimate of drug-likeness (QED) is 0.767. The summed E-state index contributed by atoms with van der Waals surface area (Å²) < 4.78 is 0. The second-order valence-corrected chi connectivity index (χ2v) is 5.52. The van der Waals surface area contributed by atoms with E-state index >= 15 is 0 Å². The number of hydrogen-bond acceptors (Lipinski definition) is 1. The van der Waals surface area contributed by atoms with Crippen molar-refractivity contribution in [2.24, 2.45) is 11.8 Å². The highest BCUT2D eigenvalue weighted by atomic mass is 16.1. The SMILES string of the molecule is CCCCC(=O)C1C2CCc3ccccc3C21. The minimum atomic E-state index is 0.366. The van der Waals surface area contributed by atoms with Crippen LogP contribution in [0.15, 0.2) is 24.3 Å². The summed E-state index contributed by atoms with van der Waals surface area (Å²) in [6.07, 6.45) is 5.40. The lowest BCUT2D eigenvalue weighted by molar-refractivity contribution is -0.120. The molecule has 0 N–H and O–H groups in total. The van der Waals surface area contributed by atoms with Gasteiger partial charge in [-0.25, -0.2) is 0 Å². The van der Waals surface area contributed by atoms with Gasteiger partial charge in [-0.2, -0.15) is 0 Å². The minimum Gasteiger partial charge on any atom is -0.299 e. The smallest absolute Gasteiger partial charge is 0.136 e. The molecular formula is C16H20O. The molecule has 90 valence electrons. The van der Waals surface area contributed by atoms with Crippen LogP contribution in [-0.4, -0.2) is 5.78 Å². The Balaban J connectivity index is 1.76. The van der Waals surface area contributed by atoms with Gasteiger partial charge in [0, 0.05) is 12.3 Å². The summed E-state index contributed by atoms with van der Waals surface area (Å²) in [5.41, 5.74) is 2.96. The molecule has 0 heterocycles. The van der Waals surface area contributed by atoms with E-state index in [4.69, 9.17) is 0 Å². The largest absolute Gasteiger partial charge is 0.299 e. The highest BCUT2D eigenvalue weighted by molar-refractivity contribution is 5.86. The number of benzene rings is 1. The third-order valence-corrected chi connectivity index (χ3v) is 4.48. The molecule has 0 radical (unpaired) electrons. The van der Waals surface area contributed by atoms with Gasteiger partial charge >= 0.3 is 0 Å². The maximum Gasteiger partial charge on any atom is 0.136 e. The van der Waals surface area contributed by atoms with Crippen LogP contribution in [0.5, 0.6) is 0 Å². The van der Waals surface area contributed by atoms with E-state index in [1.807, 2.05) is 0 Å². The molecule has 3 unspecified atom stereocenters. The molecule has 0 amide bonds. The number of carbonyl (C=O) groups excluding carboxylic acids is 1. The number of ketones is 1. The van der Waals surface area contributed by atoms with E-state index in [9.17, 15) is 4.79 Å². The highest BCUT2D eigenvalue weighted by Crippen LogP contribution is 2.60. The monoisotopic (exact) mass is 228 g/mol. The molecular weight excluding hydrogens is 208 g/mol. The first-order valence-corrected chi connectivity index (χ1v) is 6.93. The molecule has 3 atom stereocenters. The molecule has 0 aromatic heterocycles. The Bertz CT molecular complexity index is 435. The van der Waals surface area contributed by atoms with Crippen molar-refractivity contribution >= 4 is 5.78 Å². The van der Waals surface area contributed by atoms with Gasteiger partial charge in [-0.05, 0) is 42.2 Å². The first-order chi connectivity index (χ1) is 8.33. The van der Waals surface area contributed by atoms with E-state index in [1.165, 1.54) is 24.0 Å². The number of unbranched alkanes of at least 4 members (excludes halogenated alkanes) is 1. The van der Waals surface area contributed by atoms with Crippen LogP contribution in [0.25, 0.3) is 0 Å². The maximum atomic E-state index is 12.1. The van der Waals surface area contributed by atoms with Crippen molar-refractivity contribution in [2.75, 3.05) is 0 Å². The van der Waals surface area contributed by atoms with Gasteiger partial charge in [0.2, 0.25) is 0 Å². The number of Topliss-reactive ketones (excluding diaryl/α,β-unsaturated/α-hetero) is 1. The van der Waals surface area contributed by atoms with Crippen molar-refractivity contribution in [3.63, 3.8) is 0 Å². The molecule has 0 saturated heterocycles. The van der Waals surface area contributed by atoms with Gasteiger partial charge in [0.15, 0.2) is 0 Å². The van der Waals surface area contributed by atoms with Crippen LogP contribution in [0.4, 0.5) is 0 Å². The summed E-state index contributed by atoms with van der Waals surface area (Å²) in [6.45, 7) is 2.16. The standard InChI is InChI=1S/C16H20O/c1-2-3-8-14(17)16-13-10-9-11-6-4-5-7-12(11)15(13)16/h4-7,13,15-16H,2-3,8-10H2,1H3. The number of rotatable bonds is 4. The lowest BCUT2D eigenvalue weighted by Crippen LogP contribution is -2.02. The van der Waals surface area contributed by atoms with E-state index in [0.717, 1.165) is 19.3 Å². The fourth-order valence-electron chi connectivity index (χ4n) is 3.52. The average molecular weight is 228 g/mol. The zero-order chi connectivity index (χ0) is 11.8. The molecule has 1 nitrogen and oxygen atoms in total. The summed E-state index contributed by atoms with van der Waals surface area (Å²) in [5, 5.41) is 0. The Kier molecular flexibility index (Phi) is 2.78. The first-order valence-electron chi connectivity index (χ1n) is 6.93. The van der Waals surface area contributed by atoms with E-state index in [0.29, 0.717) is 23.5 Å². The number of carbonyl (C=O) groups is 1. The molecule has 0 aliphatic heterocycles. The summed E-state index contributed by atoms with van der Waals surface area (Å²) in [7, 11) is 0. The van der Waals surface area contributed by atoms with Gasteiger partial charge in [0.25, 0.3) is 0 Å². The third-order valence-electron chi connectivity index (χ3n) is 4.48. The van der Waals surface area contributed by atoms with Crippen molar-refractivity contribution in [1.82, 2.24) is 0 Å². The van der Waals surface area contributed by atoms with Crippen molar-refractivity contribution in [3.8, 4) is 0 Å². The lowest BCUT2D eigenvalue weighted by Gasteiger charge is -2.13. The molecule has 1 aromatic rings. The fraction of sp³-hybridized carbons (Fsp3) is 0.562. The molecule has 2 aliphatic carbocycles. The summed E-state index contributed by atoms with van der Waals surface area (Å²) >= 11 is 0. The van der Waals surface area contributed by atoms with Crippen molar-refractivity contribution in [2.45, 2.75) is 44.9 Å². The Labute approximate surface area is 103 Å². The molecule has 0 spiro atoms. The van der Waals surface area contributed by atoms with Gasteiger partial charge in [0.05, 0.1) is 0 Å². The minimum absolute atomic E-state index is 0.366. The molecule has 0 bridgehead atoms. The van der Waals surface area contributed by atoms with Gasteiger partial charge in [0.1, 0.15) is 5.78 Å². The van der Waals surface area contributed by atoms with Gasteiger partial charge < -0.3 is 0 Å². The first kappa shape index (κ1) is 11.0. The summed E-state index contributed by atoms with van der Waals surface area (Å²) in [5.74, 6) is 2.14. The normalized spacial score (nSPS) is 29.4. The Morgan fingerprint density at radius 1 is 1.35 bits per heavy atom. The predicted octanol–water partition coefficient (Wildman–Crippen LogP) is 3.72. The van der Waals surface area contributed by atoms with Crippen LogP contribution >= 0.6 is 0 Å². The molecule has 17 heavy (non-hydrogen) atoms. The van der Waals surface area contributed by atoms with Gasteiger partial charge in [-0.3, -0.25) is 4.79 Å². The van der Waals surface area contributed by atoms with Crippen LogP contribution in [0.1, 0.15) is 49.7 Å². The second-order valence-electron chi connectivity index (χ2n) is 5.52. The van der Waals surface area contributed by atoms with E-state index in [1.54, 1.807) is 0 Å². The molecule has 1 fully saturated rings. The third kappa shape index (κ3) is 1.82. The average Bonchev–Trinajstić information content (AvgIpc) is 3.11. The molecule has 1 saturated carbocycles. The maximum absolute atomic E-state index is 12.1. The number of hydrogen-bond donors (Lipinski definition) is 0. The summed E-state index contributed by atoms with van der Waals surface area (Å²) in [6, 6.07) is 8.71. The van der Waals surface area contributed by atoms with Crippen LogP contribution in [0.3, 0.4) is 0 Å². The zero-order valence-corrected chi connectivity index (χ0v) is 10.5. The second kappa shape index (κ2) is 4.29. The van der Waals surface area contributed by atoms with E-state index < -0.39 is 0 Å².